The molecule has 0 aliphatic heterocycles. The summed E-state index contributed by atoms with van der Waals surface area (Å²) in [6.45, 7) is 2.16. The smallest absolute Gasteiger partial charge is 0.355 e. The van der Waals surface area contributed by atoms with E-state index in [0.29, 0.717) is 11.4 Å². The number of nitrogens with zero attached hydrogens (tertiary/aromatic N) is 1. The van der Waals surface area contributed by atoms with Gasteiger partial charge in [0.2, 0.25) is 5.91 Å². The molecule has 1 fully saturated rings. The number of carbonyl (C=O) groups is 1. The highest BCUT2D eigenvalue weighted by Gasteiger charge is 2.37. The Balaban J connectivity index is 0.00000264. The Kier molecular flexibility index (Phi) is 6.85. The van der Waals surface area contributed by atoms with Crippen LogP contribution in [0, 0.1) is 5.92 Å². The maximum Gasteiger partial charge on any atom is 0.434 e. The Morgan fingerprint density at radius 3 is 2.78 bits per heavy atom. The van der Waals surface area contributed by atoms with E-state index in [1.54, 1.807) is 0 Å². The first kappa shape index (κ1) is 20.2. The monoisotopic (exact) mass is 371 g/mol. The van der Waals surface area contributed by atoms with Crippen LogP contribution in [0.25, 0.3) is 0 Å². The summed E-state index contributed by atoms with van der Waals surface area (Å²) in [6, 6.07) is 0. The van der Waals surface area contributed by atoms with Crippen molar-refractivity contribution >= 4 is 29.7 Å². The van der Waals surface area contributed by atoms with Gasteiger partial charge in [-0.2, -0.15) is 13.2 Å². The van der Waals surface area contributed by atoms with Gasteiger partial charge in [-0.05, 0) is 19.8 Å². The fourth-order valence-corrected chi connectivity index (χ4v) is 3.57. The van der Waals surface area contributed by atoms with Gasteiger partial charge in [0, 0.05) is 23.9 Å². The van der Waals surface area contributed by atoms with Crippen molar-refractivity contribution in [2.45, 2.75) is 50.7 Å². The van der Waals surface area contributed by atoms with Gasteiger partial charge in [-0.1, -0.05) is 12.8 Å². The quantitative estimate of drug-likeness (QED) is 0.854. The lowest BCUT2D eigenvalue weighted by Crippen LogP contribution is -2.53. The molecule has 2 rings (SSSR count). The second-order valence-electron chi connectivity index (χ2n) is 5.97. The Bertz CT molecular complexity index is 534. The van der Waals surface area contributed by atoms with Crippen LogP contribution in [-0.2, 0) is 17.4 Å². The number of thiazole rings is 1. The summed E-state index contributed by atoms with van der Waals surface area (Å²) in [7, 11) is 0. The molecule has 0 aromatic carbocycles. The first-order valence-electron chi connectivity index (χ1n) is 7.28. The average molecular weight is 372 g/mol. The first-order valence-corrected chi connectivity index (χ1v) is 8.16. The van der Waals surface area contributed by atoms with E-state index in [1.165, 1.54) is 0 Å². The molecule has 0 radical (unpaired) electrons. The average Bonchev–Trinajstić information content (AvgIpc) is 2.86. The molecule has 2 unspecified atom stereocenters. The van der Waals surface area contributed by atoms with E-state index in [1.807, 2.05) is 6.92 Å². The maximum atomic E-state index is 12.4. The van der Waals surface area contributed by atoms with Crippen LogP contribution in [0.1, 0.15) is 43.3 Å². The van der Waals surface area contributed by atoms with Crippen LogP contribution in [0.15, 0.2) is 5.38 Å². The predicted molar refractivity (Wildman–Crippen MR) is 85.6 cm³/mol. The topological polar surface area (TPSA) is 68.0 Å². The van der Waals surface area contributed by atoms with E-state index >= 15 is 0 Å². The minimum Gasteiger partial charge on any atom is -0.355 e. The van der Waals surface area contributed by atoms with Gasteiger partial charge >= 0.3 is 6.18 Å². The van der Waals surface area contributed by atoms with Gasteiger partial charge in [-0.15, -0.1) is 23.7 Å². The molecule has 1 aliphatic carbocycles. The molecule has 23 heavy (non-hydrogen) atoms. The summed E-state index contributed by atoms with van der Waals surface area (Å²) < 4.78 is 37.3. The number of halogens is 4. The molecule has 4 nitrogen and oxygen atoms in total. The van der Waals surface area contributed by atoms with Crippen molar-refractivity contribution in [2.24, 2.45) is 11.7 Å². The van der Waals surface area contributed by atoms with Gasteiger partial charge in [0.05, 0.1) is 10.9 Å². The molecule has 1 amide bonds. The summed E-state index contributed by atoms with van der Waals surface area (Å²) in [5.41, 5.74) is 4.78. The van der Waals surface area contributed by atoms with Gasteiger partial charge in [0.25, 0.3) is 0 Å². The van der Waals surface area contributed by atoms with Gasteiger partial charge in [0.1, 0.15) is 0 Å². The summed E-state index contributed by atoms with van der Waals surface area (Å²) in [6.07, 6.45) is -0.550. The molecule has 0 spiro atoms. The molecule has 1 aliphatic rings. The van der Waals surface area contributed by atoms with Crippen LogP contribution < -0.4 is 11.1 Å². The summed E-state index contributed by atoms with van der Waals surface area (Å²) >= 11 is 0.956. The molecule has 1 aromatic rings. The zero-order valence-corrected chi connectivity index (χ0v) is 14.4. The van der Waals surface area contributed by atoms with Crippen molar-refractivity contribution in [3.8, 4) is 0 Å². The second-order valence-corrected chi connectivity index (χ2v) is 6.91. The lowest BCUT2D eigenvalue weighted by molar-refractivity contribution is -0.140. The number of nitrogens with two attached hydrogens (primary N) is 1. The Morgan fingerprint density at radius 2 is 2.22 bits per heavy atom. The minimum atomic E-state index is -4.42. The van der Waals surface area contributed by atoms with E-state index < -0.39 is 17.4 Å². The first-order chi connectivity index (χ1) is 10.2. The highest BCUT2D eigenvalue weighted by atomic mass is 35.5. The van der Waals surface area contributed by atoms with E-state index in [9.17, 15) is 18.0 Å². The summed E-state index contributed by atoms with van der Waals surface area (Å²) in [5.74, 6) is -0.347. The molecule has 1 heterocycles. The number of alkyl halides is 3. The number of amides is 1. The van der Waals surface area contributed by atoms with Gasteiger partial charge < -0.3 is 11.1 Å². The van der Waals surface area contributed by atoms with Gasteiger partial charge in [-0.3, -0.25) is 4.79 Å². The Hall–Kier alpha value is -0.860. The van der Waals surface area contributed by atoms with Crippen LogP contribution in [0.3, 0.4) is 0 Å². The van der Waals surface area contributed by atoms with E-state index in [4.69, 9.17) is 5.73 Å². The molecule has 1 saturated carbocycles. The molecular formula is C14H21ClF3N3OS. The fraction of sp³-hybridized carbons (Fsp3) is 0.714. The maximum absolute atomic E-state index is 12.4. The van der Waals surface area contributed by atoms with Crippen molar-refractivity contribution in [2.75, 3.05) is 6.54 Å². The number of carbonyl (C=O) groups excluding carboxylic acids is 1. The SMILES string of the molecule is CC1(N)CCCCC1C(=O)NCCc1nc(C(F)(F)F)cs1.Cl. The standard InChI is InChI=1S/C14H20F3N3OS.ClH/c1-13(18)6-3-2-4-9(13)12(21)19-7-5-11-20-10(8-22-11)14(15,16)17;/h8-9H,2-7,18H2,1H3,(H,19,21);1H. The highest BCUT2D eigenvalue weighted by Crippen LogP contribution is 2.32. The van der Waals surface area contributed by atoms with Crippen LogP contribution in [0.5, 0.6) is 0 Å². The normalized spacial score (nSPS) is 24.8. The minimum absolute atomic E-state index is 0. The van der Waals surface area contributed by atoms with Crippen LogP contribution in [-0.4, -0.2) is 23.0 Å². The number of rotatable bonds is 4. The number of nitrogens with one attached hydrogen (secondary N) is 1. The van der Waals surface area contributed by atoms with Gasteiger partial charge in [0.15, 0.2) is 5.69 Å². The lowest BCUT2D eigenvalue weighted by atomic mass is 9.74. The number of hydrogen-bond acceptors (Lipinski definition) is 4. The van der Waals surface area contributed by atoms with Crippen molar-refractivity contribution in [3.05, 3.63) is 16.1 Å². The third kappa shape index (κ3) is 5.32. The third-order valence-electron chi connectivity index (χ3n) is 4.05. The molecule has 132 valence electrons. The van der Waals surface area contributed by atoms with Crippen molar-refractivity contribution < 1.29 is 18.0 Å². The largest absolute Gasteiger partial charge is 0.434 e. The van der Waals surface area contributed by atoms with E-state index in [2.05, 4.69) is 10.3 Å². The van der Waals surface area contributed by atoms with Crippen molar-refractivity contribution in [1.82, 2.24) is 10.3 Å². The highest BCUT2D eigenvalue weighted by molar-refractivity contribution is 7.09. The molecule has 0 bridgehead atoms. The number of aromatic nitrogens is 1. The van der Waals surface area contributed by atoms with Crippen LogP contribution >= 0.6 is 23.7 Å². The summed E-state index contributed by atoms with van der Waals surface area (Å²) in [5, 5.41) is 4.13. The molecule has 9 heteroatoms. The lowest BCUT2D eigenvalue weighted by Gasteiger charge is -2.37. The van der Waals surface area contributed by atoms with E-state index in [0.717, 1.165) is 42.4 Å². The second kappa shape index (κ2) is 7.81. The third-order valence-corrected chi connectivity index (χ3v) is 4.96. The van der Waals surface area contributed by atoms with Gasteiger partial charge in [-0.25, -0.2) is 4.98 Å². The molecule has 1 aromatic heterocycles. The molecular weight excluding hydrogens is 351 g/mol. The zero-order chi connectivity index (χ0) is 16.4. The zero-order valence-electron chi connectivity index (χ0n) is 12.8. The predicted octanol–water partition coefficient (Wildman–Crippen LogP) is 3.15. The Labute approximate surface area is 143 Å². The molecule has 2 atom stereocenters. The van der Waals surface area contributed by atoms with Crippen molar-refractivity contribution in [3.63, 3.8) is 0 Å². The number of hydrogen-bond donors (Lipinski definition) is 2. The molecule has 3 N–H and O–H groups in total. The van der Waals surface area contributed by atoms with E-state index in [-0.39, 0.29) is 30.8 Å². The summed E-state index contributed by atoms with van der Waals surface area (Å²) in [4.78, 5) is 15.7. The van der Waals surface area contributed by atoms with Crippen LogP contribution in [0.2, 0.25) is 0 Å². The molecule has 0 saturated heterocycles. The van der Waals surface area contributed by atoms with Crippen molar-refractivity contribution in [1.29, 1.82) is 0 Å². The Morgan fingerprint density at radius 1 is 1.52 bits per heavy atom. The van der Waals surface area contributed by atoms with Crippen LogP contribution in [0.4, 0.5) is 13.2 Å². The fourth-order valence-electron chi connectivity index (χ4n) is 2.76.